The number of imidazole rings is 1. The second-order valence-corrected chi connectivity index (χ2v) is 15.1. The maximum Gasteiger partial charge on any atom is 0.238 e. The van der Waals surface area contributed by atoms with Crippen LogP contribution in [0.2, 0.25) is 0 Å². The molecule has 0 saturated carbocycles. The number of amides is 1. The third-order valence-electron chi connectivity index (χ3n) is 8.64. The molecule has 0 aliphatic carbocycles. The van der Waals surface area contributed by atoms with E-state index in [-0.39, 0.29) is 19.1 Å². The number of hydrogen-bond acceptors (Lipinski definition) is 12. The molecule has 7 aromatic rings. The highest BCUT2D eigenvalue weighted by Gasteiger charge is 2.20. The van der Waals surface area contributed by atoms with Crippen molar-refractivity contribution in [3.63, 3.8) is 0 Å². The number of anilines is 1. The summed E-state index contributed by atoms with van der Waals surface area (Å²) in [4.78, 5) is 30.7. The van der Waals surface area contributed by atoms with Crippen molar-refractivity contribution in [2.75, 3.05) is 32.6 Å². The summed E-state index contributed by atoms with van der Waals surface area (Å²) in [7, 11) is 3.24. The standard InChI is InChI=1S/C41H40N6O5S3/c1-5-17-47-33-14-9-7-12-31(33)45-41(47)55-26-29-25-54-40(43-29)30-19-27(20-35(49-3)38(30)50-4)23-51-34-15-10-8-13-32(34)44-37(48)22-46(6-2)21-28-24-52-39(42-28)36-16-11-18-53-36/h5,7-16,18-20,24-25H,1,6,17,21-23,26H2,2-4H3,(H,44,48). The van der Waals surface area contributed by atoms with Crippen molar-refractivity contribution in [2.45, 2.75) is 37.5 Å². The van der Waals surface area contributed by atoms with Gasteiger partial charge in [-0.25, -0.2) is 15.0 Å². The van der Waals surface area contributed by atoms with Crippen LogP contribution in [-0.4, -0.2) is 57.6 Å². The van der Waals surface area contributed by atoms with E-state index < -0.39 is 0 Å². The Bertz CT molecular complexity index is 2380. The first-order valence-corrected chi connectivity index (χ1v) is 20.3. The number of hydrogen-bond donors (Lipinski definition) is 1. The number of carbonyl (C=O) groups is 1. The number of oxazole rings is 1. The van der Waals surface area contributed by atoms with Crippen molar-refractivity contribution in [3.8, 4) is 38.6 Å². The van der Waals surface area contributed by atoms with E-state index in [1.54, 1.807) is 54.9 Å². The highest BCUT2D eigenvalue weighted by molar-refractivity contribution is 7.98. The second-order valence-electron chi connectivity index (χ2n) is 12.4. The predicted octanol–water partition coefficient (Wildman–Crippen LogP) is 9.41. The van der Waals surface area contributed by atoms with Gasteiger partial charge in [-0.2, -0.15) is 0 Å². The summed E-state index contributed by atoms with van der Waals surface area (Å²) in [5, 5.41) is 8.80. The zero-order valence-electron chi connectivity index (χ0n) is 30.7. The molecule has 0 spiro atoms. The minimum Gasteiger partial charge on any atom is -0.493 e. The SMILES string of the molecule is C=CCn1c(SCc2csc(-c3cc(COc4ccccc4NC(=O)CN(CC)Cc4coc(-c5cccs5)n4)cc(OC)c3OC)n2)nc2ccccc21. The van der Waals surface area contributed by atoms with Crippen LogP contribution in [0, 0.1) is 0 Å². The fourth-order valence-electron chi connectivity index (χ4n) is 6.02. The normalized spacial score (nSPS) is 11.3. The van der Waals surface area contributed by atoms with Crippen molar-refractivity contribution in [3.05, 3.63) is 119 Å². The number of benzene rings is 3. The number of thiophene rings is 1. The molecule has 11 nitrogen and oxygen atoms in total. The number of thioether (sulfide) groups is 1. The van der Waals surface area contributed by atoms with Gasteiger partial charge in [0, 0.05) is 24.2 Å². The number of nitrogens with one attached hydrogen (secondary N) is 1. The Labute approximate surface area is 331 Å². The van der Waals surface area contributed by atoms with Crippen LogP contribution in [0.5, 0.6) is 17.2 Å². The van der Waals surface area contributed by atoms with Gasteiger partial charge in [0.25, 0.3) is 0 Å². The number of allylic oxidation sites excluding steroid dienone is 1. The molecule has 3 aromatic carbocycles. The fraction of sp³-hybridized carbons (Fsp3) is 0.220. The first kappa shape index (κ1) is 37.9. The molecule has 0 aliphatic rings. The van der Waals surface area contributed by atoms with Gasteiger partial charge in [-0.3, -0.25) is 9.69 Å². The minimum absolute atomic E-state index is 0.163. The summed E-state index contributed by atoms with van der Waals surface area (Å²) in [6.07, 6.45) is 3.53. The summed E-state index contributed by atoms with van der Waals surface area (Å²) < 4.78 is 25.7. The molecule has 0 atom stereocenters. The van der Waals surface area contributed by atoms with Crippen LogP contribution in [-0.2, 0) is 30.2 Å². The molecule has 0 fully saturated rings. The topological polar surface area (TPSA) is 117 Å². The van der Waals surface area contributed by atoms with Gasteiger partial charge in [-0.15, -0.1) is 29.3 Å². The monoisotopic (exact) mass is 792 g/mol. The molecule has 0 bridgehead atoms. The Morgan fingerprint density at radius 3 is 2.65 bits per heavy atom. The van der Waals surface area contributed by atoms with Crippen molar-refractivity contribution in [1.29, 1.82) is 0 Å². The number of carbonyl (C=O) groups excluding carboxylic acids is 1. The molecule has 14 heteroatoms. The summed E-state index contributed by atoms with van der Waals surface area (Å²) >= 11 is 4.76. The number of likely N-dealkylation sites (N-methyl/N-ethyl adjacent to an activating group) is 1. The van der Waals surface area contributed by atoms with Gasteiger partial charge in [0.15, 0.2) is 16.7 Å². The first-order valence-electron chi connectivity index (χ1n) is 17.6. The summed E-state index contributed by atoms with van der Waals surface area (Å²) in [6, 6.07) is 23.4. The van der Waals surface area contributed by atoms with Gasteiger partial charge < -0.3 is 28.5 Å². The first-order chi connectivity index (χ1) is 27.0. The molecule has 55 heavy (non-hydrogen) atoms. The number of rotatable bonds is 18. The largest absolute Gasteiger partial charge is 0.493 e. The average Bonchev–Trinajstić information content (AvgIpc) is 4.04. The molecule has 0 saturated heterocycles. The van der Waals surface area contributed by atoms with Crippen LogP contribution in [0.15, 0.2) is 112 Å². The van der Waals surface area contributed by atoms with Crippen LogP contribution in [0.25, 0.3) is 32.4 Å². The van der Waals surface area contributed by atoms with Gasteiger partial charge >= 0.3 is 0 Å². The zero-order chi connectivity index (χ0) is 38.1. The van der Waals surface area contributed by atoms with E-state index in [1.807, 2.05) is 90.0 Å². The molecular weight excluding hydrogens is 753 g/mol. The molecule has 0 aliphatic heterocycles. The van der Waals surface area contributed by atoms with Crippen LogP contribution >= 0.6 is 34.4 Å². The number of methoxy groups -OCH3 is 2. The third kappa shape index (κ3) is 8.94. The van der Waals surface area contributed by atoms with Gasteiger partial charge in [0.05, 0.1) is 59.3 Å². The number of thiazole rings is 1. The van der Waals surface area contributed by atoms with E-state index in [2.05, 4.69) is 32.9 Å². The highest BCUT2D eigenvalue weighted by Crippen LogP contribution is 2.41. The third-order valence-corrected chi connectivity index (χ3v) is 11.4. The number of fused-ring (bicyclic) bond motifs is 1. The Kier molecular flexibility index (Phi) is 12.3. The van der Waals surface area contributed by atoms with Gasteiger partial charge in [0.2, 0.25) is 11.8 Å². The number of nitrogens with zero attached hydrogens (tertiary/aromatic N) is 5. The molecule has 282 valence electrons. The molecule has 7 rings (SSSR count). The molecule has 0 radical (unpaired) electrons. The summed E-state index contributed by atoms with van der Waals surface area (Å²) in [5.41, 5.74) is 5.97. The summed E-state index contributed by atoms with van der Waals surface area (Å²) in [6.45, 7) is 8.15. The molecule has 1 N–H and O–H groups in total. The van der Waals surface area contributed by atoms with E-state index in [9.17, 15) is 4.79 Å². The maximum atomic E-state index is 13.3. The minimum atomic E-state index is -0.163. The quantitative estimate of drug-likeness (QED) is 0.0666. The van der Waals surface area contributed by atoms with Crippen molar-refractivity contribution in [1.82, 2.24) is 24.4 Å². The number of para-hydroxylation sites is 4. The Hall–Kier alpha value is -5.41. The van der Waals surface area contributed by atoms with E-state index in [4.69, 9.17) is 28.6 Å². The molecule has 1 amide bonds. The van der Waals surface area contributed by atoms with E-state index in [1.165, 1.54) is 0 Å². The number of ether oxygens (including phenoxy) is 3. The van der Waals surface area contributed by atoms with Crippen LogP contribution in [0.4, 0.5) is 5.69 Å². The lowest BCUT2D eigenvalue weighted by molar-refractivity contribution is -0.117. The highest BCUT2D eigenvalue weighted by atomic mass is 32.2. The van der Waals surface area contributed by atoms with Crippen LogP contribution in [0.3, 0.4) is 0 Å². The Morgan fingerprint density at radius 2 is 1.85 bits per heavy atom. The van der Waals surface area contributed by atoms with Crippen molar-refractivity contribution < 1.29 is 23.4 Å². The van der Waals surface area contributed by atoms with Crippen molar-refractivity contribution >= 4 is 57.1 Å². The van der Waals surface area contributed by atoms with Gasteiger partial charge in [-0.1, -0.05) is 55.1 Å². The predicted molar refractivity (Wildman–Crippen MR) is 220 cm³/mol. The lowest BCUT2D eigenvalue weighted by atomic mass is 10.1. The molecule has 4 heterocycles. The lowest BCUT2D eigenvalue weighted by Crippen LogP contribution is -2.33. The lowest BCUT2D eigenvalue weighted by Gasteiger charge is -2.19. The molecular formula is C41H40N6O5S3. The van der Waals surface area contributed by atoms with E-state index in [0.29, 0.717) is 54.2 Å². The van der Waals surface area contributed by atoms with Crippen LogP contribution < -0.4 is 19.5 Å². The number of aromatic nitrogens is 4. The fourth-order valence-corrected chi connectivity index (χ4v) is 8.53. The van der Waals surface area contributed by atoms with Gasteiger partial charge in [-0.05, 0) is 60.0 Å². The Morgan fingerprint density at radius 1 is 1.00 bits per heavy atom. The maximum absolute atomic E-state index is 13.3. The molecule has 4 aromatic heterocycles. The average molecular weight is 793 g/mol. The van der Waals surface area contributed by atoms with E-state index in [0.717, 1.165) is 48.6 Å². The molecule has 0 unspecified atom stereocenters. The summed E-state index contributed by atoms with van der Waals surface area (Å²) in [5.74, 6) is 2.77. The van der Waals surface area contributed by atoms with E-state index >= 15 is 0 Å². The van der Waals surface area contributed by atoms with Crippen LogP contribution in [0.1, 0.15) is 23.9 Å². The van der Waals surface area contributed by atoms with Gasteiger partial charge in [0.1, 0.15) is 23.6 Å². The second kappa shape index (κ2) is 17.8. The van der Waals surface area contributed by atoms with Crippen molar-refractivity contribution in [2.24, 2.45) is 0 Å². The Balaban J connectivity index is 1.02. The smallest absolute Gasteiger partial charge is 0.238 e. The zero-order valence-corrected chi connectivity index (χ0v) is 33.1.